The average molecular weight is 219 g/mol. The predicted octanol–water partition coefficient (Wildman–Crippen LogP) is 1.94. The van der Waals surface area contributed by atoms with Gasteiger partial charge in [0, 0.05) is 18.5 Å². The standard InChI is InChI=1S/C12H17N3O/c1-8(13)3-2-4-12-14-10-6-5-9(16)7-11(10)15-12/h5-8,16H,2-4,13H2,1H3,(H,14,15). The fourth-order valence-electron chi connectivity index (χ4n) is 1.76. The molecule has 4 N–H and O–H groups in total. The monoisotopic (exact) mass is 219 g/mol. The highest BCUT2D eigenvalue weighted by Crippen LogP contribution is 2.18. The Hall–Kier alpha value is -1.55. The van der Waals surface area contributed by atoms with Crippen molar-refractivity contribution in [3.8, 4) is 5.75 Å². The maximum Gasteiger partial charge on any atom is 0.117 e. The molecular formula is C12H17N3O. The number of benzene rings is 1. The van der Waals surface area contributed by atoms with E-state index in [0.717, 1.165) is 36.1 Å². The number of imidazole rings is 1. The first-order chi connectivity index (χ1) is 7.65. The second-order valence-electron chi connectivity index (χ2n) is 4.25. The maximum atomic E-state index is 9.32. The summed E-state index contributed by atoms with van der Waals surface area (Å²) >= 11 is 0. The lowest BCUT2D eigenvalue weighted by molar-refractivity contribution is 0.476. The molecule has 0 saturated carbocycles. The largest absolute Gasteiger partial charge is 0.508 e. The molecule has 2 rings (SSSR count). The van der Waals surface area contributed by atoms with Crippen molar-refractivity contribution in [2.45, 2.75) is 32.2 Å². The van der Waals surface area contributed by atoms with Crippen molar-refractivity contribution in [1.29, 1.82) is 0 Å². The molecule has 4 heteroatoms. The van der Waals surface area contributed by atoms with Gasteiger partial charge in [-0.1, -0.05) is 0 Å². The van der Waals surface area contributed by atoms with Crippen LogP contribution in [0.2, 0.25) is 0 Å². The lowest BCUT2D eigenvalue weighted by Crippen LogP contribution is -2.14. The van der Waals surface area contributed by atoms with Gasteiger partial charge in [0.15, 0.2) is 0 Å². The minimum Gasteiger partial charge on any atom is -0.508 e. The second-order valence-corrected chi connectivity index (χ2v) is 4.25. The first kappa shape index (κ1) is 11.0. The fraction of sp³-hybridized carbons (Fsp3) is 0.417. The average Bonchev–Trinajstić information content (AvgIpc) is 2.58. The molecule has 4 nitrogen and oxygen atoms in total. The summed E-state index contributed by atoms with van der Waals surface area (Å²) in [5, 5.41) is 9.32. The number of aryl methyl sites for hydroxylation is 1. The molecule has 0 spiro atoms. The summed E-state index contributed by atoms with van der Waals surface area (Å²) in [7, 11) is 0. The minimum atomic E-state index is 0.244. The Morgan fingerprint density at radius 3 is 3.06 bits per heavy atom. The Balaban J connectivity index is 2.08. The van der Waals surface area contributed by atoms with E-state index in [2.05, 4.69) is 9.97 Å². The molecule has 0 saturated heterocycles. The van der Waals surface area contributed by atoms with E-state index in [1.54, 1.807) is 12.1 Å². The normalized spacial score (nSPS) is 13.1. The number of hydrogen-bond acceptors (Lipinski definition) is 3. The molecule has 1 unspecified atom stereocenters. The van der Waals surface area contributed by atoms with Gasteiger partial charge in [-0.25, -0.2) is 4.98 Å². The van der Waals surface area contributed by atoms with Crippen LogP contribution in [0.5, 0.6) is 5.75 Å². The lowest BCUT2D eigenvalue weighted by Gasteiger charge is -2.01. The van der Waals surface area contributed by atoms with E-state index in [4.69, 9.17) is 5.73 Å². The van der Waals surface area contributed by atoms with Crippen molar-refractivity contribution in [3.63, 3.8) is 0 Å². The van der Waals surface area contributed by atoms with Crippen molar-refractivity contribution >= 4 is 11.0 Å². The molecule has 2 aromatic rings. The molecule has 0 bridgehead atoms. The summed E-state index contributed by atoms with van der Waals surface area (Å²) in [5.74, 6) is 1.22. The molecule has 86 valence electrons. The number of aromatic amines is 1. The smallest absolute Gasteiger partial charge is 0.117 e. The summed E-state index contributed by atoms with van der Waals surface area (Å²) < 4.78 is 0. The number of H-pyrrole nitrogens is 1. The number of rotatable bonds is 4. The first-order valence-corrected chi connectivity index (χ1v) is 5.58. The van der Waals surface area contributed by atoms with Crippen LogP contribution in [0.4, 0.5) is 0 Å². The van der Waals surface area contributed by atoms with Gasteiger partial charge in [-0.05, 0) is 31.9 Å². The Bertz CT molecular complexity index is 476. The van der Waals surface area contributed by atoms with Gasteiger partial charge < -0.3 is 15.8 Å². The zero-order chi connectivity index (χ0) is 11.5. The zero-order valence-electron chi connectivity index (χ0n) is 9.40. The van der Waals surface area contributed by atoms with Crippen molar-refractivity contribution in [2.75, 3.05) is 0 Å². The molecule has 0 radical (unpaired) electrons. The minimum absolute atomic E-state index is 0.244. The first-order valence-electron chi connectivity index (χ1n) is 5.58. The van der Waals surface area contributed by atoms with E-state index in [-0.39, 0.29) is 11.8 Å². The lowest BCUT2D eigenvalue weighted by atomic mass is 10.1. The van der Waals surface area contributed by atoms with Gasteiger partial charge in [0.1, 0.15) is 11.6 Å². The van der Waals surface area contributed by atoms with Crippen LogP contribution in [0, 0.1) is 0 Å². The molecule has 0 fully saturated rings. The van der Waals surface area contributed by atoms with Gasteiger partial charge in [-0.15, -0.1) is 0 Å². The Labute approximate surface area is 94.5 Å². The molecule has 1 atom stereocenters. The Morgan fingerprint density at radius 1 is 1.50 bits per heavy atom. The number of phenols is 1. The van der Waals surface area contributed by atoms with Crippen molar-refractivity contribution in [2.24, 2.45) is 5.73 Å². The number of fused-ring (bicyclic) bond motifs is 1. The topological polar surface area (TPSA) is 74.9 Å². The second kappa shape index (κ2) is 4.53. The quantitative estimate of drug-likeness (QED) is 0.735. The van der Waals surface area contributed by atoms with Crippen LogP contribution < -0.4 is 5.73 Å². The highest BCUT2D eigenvalue weighted by atomic mass is 16.3. The van der Waals surface area contributed by atoms with E-state index in [1.165, 1.54) is 0 Å². The van der Waals surface area contributed by atoms with Crippen molar-refractivity contribution < 1.29 is 5.11 Å². The van der Waals surface area contributed by atoms with Crippen LogP contribution in [0.15, 0.2) is 18.2 Å². The molecule has 1 aromatic heterocycles. The van der Waals surface area contributed by atoms with Crippen LogP contribution in [-0.2, 0) is 6.42 Å². The molecule has 0 amide bonds. The summed E-state index contributed by atoms with van der Waals surface area (Å²) in [6.45, 7) is 2.01. The molecule has 1 aromatic carbocycles. The van der Waals surface area contributed by atoms with Crippen LogP contribution in [-0.4, -0.2) is 21.1 Å². The molecule has 0 aliphatic rings. The predicted molar refractivity (Wildman–Crippen MR) is 64.3 cm³/mol. The summed E-state index contributed by atoms with van der Waals surface area (Å²) in [5.41, 5.74) is 7.47. The van der Waals surface area contributed by atoms with E-state index in [0.29, 0.717) is 0 Å². The molecule has 1 heterocycles. The number of aromatic nitrogens is 2. The van der Waals surface area contributed by atoms with Gasteiger partial charge in [0.05, 0.1) is 11.0 Å². The Kier molecular flexibility index (Phi) is 3.10. The number of hydrogen-bond donors (Lipinski definition) is 3. The van der Waals surface area contributed by atoms with Gasteiger partial charge in [0.25, 0.3) is 0 Å². The SMILES string of the molecule is CC(N)CCCc1nc2ccc(O)cc2[nH]1. The van der Waals surface area contributed by atoms with Gasteiger partial charge in [0.2, 0.25) is 0 Å². The number of aromatic hydroxyl groups is 1. The number of phenolic OH excluding ortho intramolecular Hbond substituents is 1. The van der Waals surface area contributed by atoms with E-state index in [1.807, 2.05) is 13.0 Å². The number of nitrogens with zero attached hydrogens (tertiary/aromatic N) is 1. The van der Waals surface area contributed by atoms with E-state index < -0.39 is 0 Å². The van der Waals surface area contributed by atoms with Crippen LogP contribution in [0.1, 0.15) is 25.6 Å². The number of nitrogens with two attached hydrogens (primary N) is 1. The highest BCUT2D eigenvalue weighted by molar-refractivity contribution is 5.76. The molecule has 0 aliphatic heterocycles. The fourth-order valence-corrected chi connectivity index (χ4v) is 1.76. The zero-order valence-corrected chi connectivity index (χ0v) is 9.40. The third-order valence-electron chi connectivity index (χ3n) is 2.59. The van der Waals surface area contributed by atoms with E-state index in [9.17, 15) is 5.11 Å². The van der Waals surface area contributed by atoms with Crippen LogP contribution >= 0.6 is 0 Å². The van der Waals surface area contributed by atoms with Crippen molar-refractivity contribution in [1.82, 2.24) is 9.97 Å². The van der Waals surface area contributed by atoms with Gasteiger partial charge in [-0.3, -0.25) is 0 Å². The molecule has 16 heavy (non-hydrogen) atoms. The summed E-state index contributed by atoms with van der Waals surface area (Å²) in [6, 6.07) is 5.40. The third kappa shape index (κ3) is 2.52. The molecular weight excluding hydrogens is 202 g/mol. The van der Waals surface area contributed by atoms with Gasteiger partial charge >= 0.3 is 0 Å². The number of nitrogens with one attached hydrogen (secondary N) is 1. The van der Waals surface area contributed by atoms with Crippen LogP contribution in [0.3, 0.4) is 0 Å². The highest BCUT2D eigenvalue weighted by Gasteiger charge is 2.03. The maximum absolute atomic E-state index is 9.32. The van der Waals surface area contributed by atoms with Gasteiger partial charge in [-0.2, -0.15) is 0 Å². The van der Waals surface area contributed by atoms with E-state index >= 15 is 0 Å². The molecule has 0 aliphatic carbocycles. The summed E-state index contributed by atoms with van der Waals surface area (Å²) in [4.78, 5) is 7.64. The van der Waals surface area contributed by atoms with Crippen LogP contribution in [0.25, 0.3) is 11.0 Å². The van der Waals surface area contributed by atoms with Crippen molar-refractivity contribution in [3.05, 3.63) is 24.0 Å². The summed E-state index contributed by atoms with van der Waals surface area (Å²) in [6.07, 6.45) is 2.93. The third-order valence-corrected chi connectivity index (χ3v) is 2.59. The Morgan fingerprint density at radius 2 is 2.31 bits per heavy atom.